The number of nitrogens with one attached hydrogen (secondary N) is 2. The van der Waals surface area contributed by atoms with Crippen LogP contribution in [0.15, 0.2) is 48.5 Å². The molecule has 1 aliphatic rings. The summed E-state index contributed by atoms with van der Waals surface area (Å²) < 4.78 is 16.3. The summed E-state index contributed by atoms with van der Waals surface area (Å²) in [6, 6.07) is 15.2. The van der Waals surface area contributed by atoms with Crippen LogP contribution in [-0.2, 0) is 14.3 Å². The third-order valence-electron chi connectivity index (χ3n) is 5.37. The van der Waals surface area contributed by atoms with E-state index in [1.54, 1.807) is 18.2 Å². The number of rotatable bonds is 9. The monoisotopic (exact) mass is 441 g/mol. The summed E-state index contributed by atoms with van der Waals surface area (Å²) in [6.07, 6.45) is 1.81. The summed E-state index contributed by atoms with van der Waals surface area (Å²) in [7, 11) is 3.02. The number of carbonyl (C=O) groups is 2. The van der Waals surface area contributed by atoms with Crippen LogP contribution in [0.1, 0.15) is 24.5 Å². The number of ether oxygens (including phenoxy) is 3. The largest absolute Gasteiger partial charge is 0.497 e. The topological polar surface area (TPSA) is 89.1 Å². The first kappa shape index (κ1) is 23.6. The van der Waals surface area contributed by atoms with Crippen molar-refractivity contribution in [2.75, 3.05) is 52.3 Å². The highest BCUT2D eigenvalue weighted by molar-refractivity contribution is 6.39. The second kappa shape index (κ2) is 12.1. The van der Waals surface area contributed by atoms with Gasteiger partial charge in [0.2, 0.25) is 0 Å². The molecule has 32 heavy (non-hydrogen) atoms. The fourth-order valence-corrected chi connectivity index (χ4v) is 3.61. The molecule has 0 aliphatic carbocycles. The first-order valence-corrected chi connectivity index (χ1v) is 10.8. The lowest BCUT2D eigenvalue weighted by Gasteiger charge is -2.33. The second-order valence-corrected chi connectivity index (χ2v) is 7.55. The Balaban J connectivity index is 1.36. The molecule has 1 atom stereocenters. The van der Waals surface area contributed by atoms with Crippen LogP contribution in [-0.4, -0.2) is 63.7 Å². The summed E-state index contributed by atoms with van der Waals surface area (Å²) >= 11 is 0. The third kappa shape index (κ3) is 6.70. The van der Waals surface area contributed by atoms with Gasteiger partial charge in [0, 0.05) is 25.7 Å². The molecule has 172 valence electrons. The standard InChI is InChI=1S/C24H31N3O5/c1-30-19-10-11-21(31-2)20(16-19)26-24(29)23(28)25-12-6-7-13-27-14-15-32-22(17-27)18-8-4-3-5-9-18/h3-5,8-11,16,22H,6-7,12-15,17H2,1-2H3,(H,25,28)(H,26,29). The van der Waals surface area contributed by atoms with E-state index in [9.17, 15) is 9.59 Å². The zero-order chi connectivity index (χ0) is 22.8. The molecular weight excluding hydrogens is 410 g/mol. The van der Waals surface area contributed by atoms with E-state index in [0.717, 1.165) is 32.5 Å². The number of unbranched alkanes of at least 4 members (excludes halogenated alkanes) is 1. The van der Waals surface area contributed by atoms with Crippen molar-refractivity contribution in [2.24, 2.45) is 0 Å². The quantitative estimate of drug-likeness (QED) is 0.459. The second-order valence-electron chi connectivity index (χ2n) is 7.55. The van der Waals surface area contributed by atoms with Crippen molar-refractivity contribution in [2.45, 2.75) is 18.9 Å². The van der Waals surface area contributed by atoms with Gasteiger partial charge in [0.25, 0.3) is 0 Å². The Morgan fingerprint density at radius 3 is 2.62 bits per heavy atom. The number of morpholine rings is 1. The van der Waals surface area contributed by atoms with Crippen molar-refractivity contribution in [1.82, 2.24) is 10.2 Å². The van der Waals surface area contributed by atoms with Crippen molar-refractivity contribution in [1.29, 1.82) is 0 Å². The number of carbonyl (C=O) groups excluding carboxylic acids is 2. The van der Waals surface area contributed by atoms with Crippen LogP contribution in [0.25, 0.3) is 0 Å². The van der Waals surface area contributed by atoms with Crippen LogP contribution in [0, 0.1) is 0 Å². The molecule has 0 radical (unpaired) electrons. The number of hydrogen-bond donors (Lipinski definition) is 2. The third-order valence-corrected chi connectivity index (χ3v) is 5.37. The average Bonchev–Trinajstić information content (AvgIpc) is 2.84. The minimum atomic E-state index is -0.740. The number of nitrogens with zero attached hydrogens (tertiary/aromatic N) is 1. The molecule has 3 rings (SSSR count). The summed E-state index contributed by atoms with van der Waals surface area (Å²) in [5.41, 5.74) is 1.58. The lowest BCUT2D eigenvalue weighted by molar-refractivity contribution is -0.136. The lowest BCUT2D eigenvalue weighted by Crippen LogP contribution is -2.39. The lowest BCUT2D eigenvalue weighted by atomic mass is 10.1. The van der Waals surface area contributed by atoms with Crippen LogP contribution in [0.3, 0.4) is 0 Å². The van der Waals surface area contributed by atoms with Gasteiger partial charge in [-0.05, 0) is 37.1 Å². The maximum Gasteiger partial charge on any atom is 0.313 e. The molecule has 1 aliphatic heterocycles. The highest BCUT2D eigenvalue weighted by Gasteiger charge is 2.21. The van der Waals surface area contributed by atoms with Crippen LogP contribution in [0.2, 0.25) is 0 Å². The Kier molecular flexibility index (Phi) is 8.89. The normalized spacial score (nSPS) is 16.2. The van der Waals surface area contributed by atoms with Crippen molar-refractivity contribution in [3.8, 4) is 11.5 Å². The van der Waals surface area contributed by atoms with Gasteiger partial charge < -0.3 is 24.8 Å². The summed E-state index contributed by atoms with van der Waals surface area (Å²) in [6.45, 7) is 3.84. The molecule has 8 nitrogen and oxygen atoms in total. The van der Waals surface area contributed by atoms with Gasteiger partial charge in [-0.2, -0.15) is 0 Å². The Morgan fingerprint density at radius 1 is 1.06 bits per heavy atom. The molecular formula is C24H31N3O5. The van der Waals surface area contributed by atoms with Crippen LogP contribution in [0.4, 0.5) is 5.69 Å². The minimum absolute atomic E-state index is 0.0990. The maximum absolute atomic E-state index is 12.2. The first-order chi connectivity index (χ1) is 15.6. The van der Waals surface area contributed by atoms with Crippen LogP contribution >= 0.6 is 0 Å². The maximum atomic E-state index is 12.2. The number of methoxy groups -OCH3 is 2. The summed E-state index contributed by atoms with van der Waals surface area (Å²) in [5.74, 6) is -0.411. The smallest absolute Gasteiger partial charge is 0.313 e. The first-order valence-electron chi connectivity index (χ1n) is 10.8. The minimum Gasteiger partial charge on any atom is -0.497 e. The fraction of sp³-hybridized carbons (Fsp3) is 0.417. The molecule has 0 spiro atoms. The molecule has 1 heterocycles. The van der Waals surface area contributed by atoms with Crippen molar-refractivity contribution in [3.63, 3.8) is 0 Å². The highest BCUT2D eigenvalue weighted by atomic mass is 16.5. The number of anilines is 1. The molecule has 1 fully saturated rings. The highest BCUT2D eigenvalue weighted by Crippen LogP contribution is 2.28. The van der Waals surface area contributed by atoms with E-state index >= 15 is 0 Å². The Morgan fingerprint density at radius 2 is 1.88 bits per heavy atom. The van der Waals surface area contributed by atoms with Gasteiger partial charge in [0.15, 0.2) is 0 Å². The number of hydrogen-bond acceptors (Lipinski definition) is 6. The van der Waals surface area contributed by atoms with Gasteiger partial charge in [-0.3, -0.25) is 14.5 Å². The molecule has 0 saturated carbocycles. The number of amides is 2. The predicted molar refractivity (Wildman–Crippen MR) is 122 cm³/mol. The molecule has 0 bridgehead atoms. The van der Waals surface area contributed by atoms with E-state index in [2.05, 4.69) is 27.7 Å². The molecule has 2 aromatic rings. The molecule has 1 unspecified atom stereocenters. The van der Waals surface area contributed by atoms with Gasteiger partial charge in [-0.25, -0.2) is 0 Å². The molecule has 2 amide bonds. The van der Waals surface area contributed by atoms with Gasteiger partial charge in [0.05, 0.1) is 32.6 Å². The Labute approximate surface area is 188 Å². The summed E-state index contributed by atoms with van der Waals surface area (Å²) in [4.78, 5) is 26.7. The zero-order valence-electron chi connectivity index (χ0n) is 18.6. The van der Waals surface area contributed by atoms with Crippen LogP contribution in [0.5, 0.6) is 11.5 Å². The molecule has 1 saturated heterocycles. The zero-order valence-corrected chi connectivity index (χ0v) is 18.6. The van der Waals surface area contributed by atoms with E-state index in [4.69, 9.17) is 14.2 Å². The molecule has 8 heteroatoms. The van der Waals surface area contributed by atoms with Crippen LogP contribution < -0.4 is 20.1 Å². The van der Waals surface area contributed by atoms with E-state index in [0.29, 0.717) is 30.3 Å². The van der Waals surface area contributed by atoms with Crippen molar-refractivity contribution < 1.29 is 23.8 Å². The Bertz CT molecular complexity index is 890. The van der Waals surface area contributed by atoms with Crippen molar-refractivity contribution >= 4 is 17.5 Å². The average molecular weight is 442 g/mol. The van der Waals surface area contributed by atoms with E-state index in [1.807, 2.05) is 18.2 Å². The molecule has 2 N–H and O–H groups in total. The molecule has 0 aromatic heterocycles. The SMILES string of the molecule is COc1ccc(OC)c(NC(=O)C(=O)NCCCCN2CCOC(c3ccccc3)C2)c1. The van der Waals surface area contributed by atoms with E-state index < -0.39 is 11.8 Å². The Hall–Kier alpha value is -3.10. The van der Waals surface area contributed by atoms with Crippen molar-refractivity contribution in [3.05, 3.63) is 54.1 Å². The van der Waals surface area contributed by atoms with Gasteiger partial charge in [-0.15, -0.1) is 0 Å². The predicted octanol–water partition coefficient (Wildman–Crippen LogP) is 2.61. The van der Waals surface area contributed by atoms with Gasteiger partial charge in [0.1, 0.15) is 11.5 Å². The van der Waals surface area contributed by atoms with E-state index in [-0.39, 0.29) is 6.10 Å². The van der Waals surface area contributed by atoms with Gasteiger partial charge in [-0.1, -0.05) is 30.3 Å². The number of benzene rings is 2. The summed E-state index contributed by atoms with van der Waals surface area (Å²) in [5, 5.41) is 5.25. The van der Waals surface area contributed by atoms with E-state index in [1.165, 1.54) is 19.8 Å². The molecule has 2 aromatic carbocycles. The van der Waals surface area contributed by atoms with Gasteiger partial charge >= 0.3 is 11.8 Å². The fourth-order valence-electron chi connectivity index (χ4n) is 3.61.